The van der Waals surface area contributed by atoms with Crippen molar-refractivity contribution in [1.29, 1.82) is 0 Å². The highest BCUT2D eigenvalue weighted by Gasteiger charge is 2.22. The molecule has 8 heteroatoms. The first kappa shape index (κ1) is 20.3. The number of anilines is 1. The molecule has 0 saturated carbocycles. The van der Waals surface area contributed by atoms with Gasteiger partial charge in [0.25, 0.3) is 15.9 Å². The number of sulfonamides is 1. The van der Waals surface area contributed by atoms with Gasteiger partial charge in [0.15, 0.2) is 0 Å². The molecule has 0 unspecified atom stereocenters. The van der Waals surface area contributed by atoms with Gasteiger partial charge in [-0.15, -0.1) is 11.3 Å². The van der Waals surface area contributed by atoms with Crippen molar-refractivity contribution in [3.8, 4) is 0 Å². The minimum atomic E-state index is -3.82. The number of hydrogen-bond donors (Lipinski definition) is 1. The van der Waals surface area contributed by atoms with E-state index in [1.165, 1.54) is 30.5 Å². The Balaban J connectivity index is 1.91. The van der Waals surface area contributed by atoms with Crippen LogP contribution in [0.2, 0.25) is 0 Å². The van der Waals surface area contributed by atoms with E-state index < -0.39 is 15.8 Å². The summed E-state index contributed by atoms with van der Waals surface area (Å²) in [6, 6.07) is 11.8. The number of fused-ring (bicyclic) bond motifs is 1. The minimum absolute atomic E-state index is 0.00966. The Morgan fingerprint density at radius 3 is 2.50 bits per heavy atom. The number of carbonyl (C=O) groups excluding carboxylic acids is 1. The summed E-state index contributed by atoms with van der Waals surface area (Å²) in [6.07, 6.45) is 0.840. The molecule has 1 N–H and O–H groups in total. The smallest absolute Gasteiger partial charge is 0.264 e. The molecule has 0 saturated heterocycles. The van der Waals surface area contributed by atoms with E-state index in [0.717, 1.165) is 32.9 Å². The van der Waals surface area contributed by atoms with Crippen molar-refractivity contribution >= 4 is 43.0 Å². The van der Waals surface area contributed by atoms with Gasteiger partial charge in [0.1, 0.15) is 5.82 Å². The summed E-state index contributed by atoms with van der Waals surface area (Å²) >= 11 is 1.36. The highest BCUT2D eigenvalue weighted by atomic mass is 32.2. The molecule has 0 radical (unpaired) electrons. The molecule has 5 nitrogen and oxygen atoms in total. The summed E-state index contributed by atoms with van der Waals surface area (Å²) in [4.78, 5) is 12.9. The fourth-order valence-corrected chi connectivity index (χ4v) is 4.77. The van der Waals surface area contributed by atoms with Gasteiger partial charge in [-0.25, -0.2) is 12.8 Å². The van der Waals surface area contributed by atoms with Crippen LogP contribution in [-0.2, 0) is 10.0 Å². The van der Waals surface area contributed by atoms with Crippen molar-refractivity contribution in [2.75, 3.05) is 11.4 Å². The van der Waals surface area contributed by atoms with Gasteiger partial charge in [-0.2, -0.15) is 0 Å². The van der Waals surface area contributed by atoms with E-state index in [1.54, 1.807) is 24.3 Å². The first-order valence-corrected chi connectivity index (χ1v) is 11.1. The Labute approximate surface area is 167 Å². The van der Waals surface area contributed by atoms with Gasteiger partial charge >= 0.3 is 0 Å². The van der Waals surface area contributed by atoms with Crippen molar-refractivity contribution in [3.63, 3.8) is 0 Å². The van der Waals surface area contributed by atoms with Gasteiger partial charge in [0.05, 0.1) is 15.5 Å². The van der Waals surface area contributed by atoms with E-state index in [1.807, 2.05) is 13.8 Å². The maximum atomic E-state index is 13.1. The topological polar surface area (TPSA) is 66.5 Å². The summed E-state index contributed by atoms with van der Waals surface area (Å²) in [5.41, 5.74) is 0.462. The molecule has 28 heavy (non-hydrogen) atoms. The molecule has 0 spiro atoms. The van der Waals surface area contributed by atoms with Crippen molar-refractivity contribution in [2.45, 2.75) is 31.2 Å². The van der Waals surface area contributed by atoms with Crippen LogP contribution in [0.5, 0.6) is 0 Å². The second-order valence-corrected chi connectivity index (χ2v) is 9.60. The van der Waals surface area contributed by atoms with Crippen LogP contribution in [0, 0.1) is 5.82 Å². The van der Waals surface area contributed by atoms with Gasteiger partial charge in [-0.3, -0.25) is 9.10 Å². The summed E-state index contributed by atoms with van der Waals surface area (Å²) in [5.74, 6) is -0.631. The summed E-state index contributed by atoms with van der Waals surface area (Å²) in [6.45, 7) is 3.94. The zero-order chi connectivity index (χ0) is 20.5. The van der Waals surface area contributed by atoms with Crippen LogP contribution < -0.4 is 9.62 Å². The number of carbonyl (C=O) groups is 1. The number of thiophene rings is 1. The van der Waals surface area contributed by atoms with Crippen LogP contribution >= 0.6 is 11.3 Å². The molecule has 1 heterocycles. The lowest BCUT2D eigenvalue weighted by atomic mass is 10.2. The van der Waals surface area contributed by atoms with Crippen molar-refractivity contribution in [2.24, 2.45) is 0 Å². The monoisotopic (exact) mass is 420 g/mol. The van der Waals surface area contributed by atoms with Crippen molar-refractivity contribution in [1.82, 2.24) is 5.32 Å². The molecule has 1 atom stereocenters. The largest absolute Gasteiger partial charge is 0.349 e. The lowest BCUT2D eigenvalue weighted by Crippen LogP contribution is -2.31. The first-order valence-electron chi connectivity index (χ1n) is 8.81. The quantitative estimate of drug-likeness (QED) is 0.643. The predicted molar refractivity (Wildman–Crippen MR) is 111 cm³/mol. The summed E-state index contributed by atoms with van der Waals surface area (Å²) in [5, 5.41) is 3.72. The molecule has 148 valence electrons. The van der Waals surface area contributed by atoms with E-state index >= 15 is 0 Å². The first-order chi connectivity index (χ1) is 13.2. The molecule has 0 aliphatic heterocycles. The highest BCUT2D eigenvalue weighted by Crippen LogP contribution is 2.31. The number of amides is 1. The Morgan fingerprint density at radius 1 is 1.18 bits per heavy atom. The molecule has 2 aromatic carbocycles. The number of nitrogens with one attached hydrogen (secondary N) is 1. The Bertz CT molecular complexity index is 1110. The Hall–Kier alpha value is -2.45. The molecule has 0 aliphatic carbocycles. The molecule has 3 rings (SSSR count). The van der Waals surface area contributed by atoms with Crippen LogP contribution in [0.15, 0.2) is 53.4 Å². The van der Waals surface area contributed by atoms with E-state index in [2.05, 4.69) is 5.32 Å². The fraction of sp³-hybridized carbons (Fsp3) is 0.250. The third-order valence-corrected chi connectivity index (χ3v) is 7.46. The second-order valence-electron chi connectivity index (χ2n) is 6.54. The summed E-state index contributed by atoms with van der Waals surface area (Å²) < 4.78 is 40.7. The molecular formula is C20H21FN2O3S2. The minimum Gasteiger partial charge on any atom is -0.349 e. The van der Waals surface area contributed by atoms with Crippen LogP contribution in [0.1, 0.15) is 29.9 Å². The molecular weight excluding hydrogens is 399 g/mol. The van der Waals surface area contributed by atoms with Gasteiger partial charge in [-0.1, -0.05) is 6.92 Å². The zero-order valence-corrected chi connectivity index (χ0v) is 17.4. The number of rotatable bonds is 6. The molecule has 3 aromatic rings. The van der Waals surface area contributed by atoms with Crippen LogP contribution in [0.25, 0.3) is 10.1 Å². The van der Waals surface area contributed by atoms with Crippen LogP contribution in [-0.4, -0.2) is 27.4 Å². The zero-order valence-electron chi connectivity index (χ0n) is 15.8. The number of benzene rings is 2. The predicted octanol–water partition coefficient (Wildman–Crippen LogP) is 4.39. The van der Waals surface area contributed by atoms with E-state index in [4.69, 9.17) is 0 Å². The van der Waals surface area contributed by atoms with Crippen molar-refractivity contribution in [3.05, 3.63) is 59.2 Å². The van der Waals surface area contributed by atoms with Gasteiger partial charge in [0, 0.05) is 17.8 Å². The van der Waals surface area contributed by atoms with E-state index in [9.17, 15) is 17.6 Å². The number of nitrogens with zero attached hydrogens (tertiary/aromatic N) is 1. The number of hydrogen-bond acceptors (Lipinski definition) is 4. The van der Waals surface area contributed by atoms with Crippen LogP contribution in [0.4, 0.5) is 10.1 Å². The van der Waals surface area contributed by atoms with Crippen LogP contribution in [0.3, 0.4) is 0 Å². The van der Waals surface area contributed by atoms with Gasteiger partial charge in [-0.05, 0) is 67.3 Å². The average Bonchev–Trinajstić information content (AvgIpc) is 3.11. The summed E-state index contributed by atoms with van der Waals surface area (Å²) in [7, 11) is -2.37. The normalized spacial score (nSPS) is 12.7. The molecule has 0 bridgehead atoms. The number of halogens is 1. The maximum Gasteiger partial charge on any atom is 0.264 e. The molecule has 1 aromatic heterocycles. The van der Waals surface area contributed by atoms with Gasteiger partial charge < -0.3 is 5.32 Å². The lowest BCUT2D eigenvalue weighted by molar-refractivity contribution is 0.0943. The fourth-order valence-electron chi connectivity index (χ4n) is 2.64. The maximum absolute atomic E-state index is 13.1. The molecule has 0 aliphatic rings. The highest BCUT2D eigenvalue weighted by molar-refractivity contribution is 7.92. The standard InChI is InChI=1S/C20H21FN2O3S2/c1-4-13(2)22-20(24)19-12-14-11-16(7-10-18(14)27-19)23(3)28(25,26)17-8-5-15(21)6-9-17/h5-13H,4H2,1-3H3,(H,22,24)/t13-/m0/s1. The molecule has 0 fully saturated rings. The SMILES string of the molecule is CC[C@H](C)NC(=O)c1cc2cc(N(C)S(=O)(=O)c3ccc(F)cc3)ccc2s1. The lowest BCUT2D eigenvalue weighted by Gasteiger charge is -2.19. The van der Waals surface area contributed by atoms with E-state index in [0.29, 0.717) is 10.6 Å². The van der Waals surface area contributed by atoms with Gasteiger partial charge in [0.2, 0.25) is 0 Å². The van der Waals surface area contributed by atoms with Crippen molar-refractivity contribution < 1.29 is 17.6 Å². The third kappa shape index (κ3) is 4.02. The second kappa shape index (κ2) is 7.89. The Morgan fingerprint density at radius 2 is 1.86 bits per heavy atom. The third-order valence-electron chi connectivity index (χ3n) is 4.55. The van der Waals surface area contributed by atoms with E-state index in [-0.39, 0.29) is 16.8 Å². The Kier molecular flexibility index (Phi) is 5.71. The molecule has 1 amide bonds. The average molecular weight is 421 g/mol.